The summed E-state index contributed by atoms with van der Waals surface area (Å²) in [5.74, 6) is 1.46. The quantitative estimate of drug-likeness (QED) is 0.723. The number of carbonyl (C=O) groups excluding carboxylic acids is 1. The summed E-state index contributed by atoms with van der Waals surface area (Å²) in [6, 6.07) is 12.9. The van der Waals surface area contributed by atoms with Crippen molar-refractivity contribution in [2.45, 2.75) is 13.1 Å². The molecule has 2 heterocycles. The van der Waals surface area contributed by atoms with Gasteiger partial charge < -0.3 is 15.4 Å². The van der Waals surface area contributed by atoms with Crippen LogP contribution in [0.25, 0.3) is 5.82 Å². The molecule has 0 saturated heterocycles. The van der Waals surface area contributed by atoms with Gasteiger partial charge in [0.2, 0.25) is 0 Å². The zero-order valence-electron chi connectivity index (χ0n) is 13.8. The molecule has 0 bridgehead atoms. The van der Waals surface area contributed by atoms with E-state index in [9.17, 15) is 4.79 Å². The second kappa shape index (κ2) is 7.96. The van der Waals surface area contributed by atoms with E-state index in [1.165, 1.54) is 0 Å². The number of rotatable bonds is 6. The van der Waals surface area contributed by atoms with Crippen molar-refractivity contribution in [3.8, 4) is 11.6 Å². The lowest BCUT2D eigenvalue weighted by atomic mass is 10.2. The van der Waals surface area contributed by atoms with Crippen molar-refractivity contribution in [3.63, 3.8) is 0 Å². The number of pyridine rings is 1. The minimum Gasteiger partial charge on any atom is -0.496 e. The van der Waals surface area contributed by atoms with E-state index in [4.69, 9.17) is 4.74 Å². The maximum Gasteiger partial charge on any atom is 0.315 e. The number of para-hydroxylation sites is 1. The van der Waals surface area contributed by atoms with Crippen LogP contribution in [0.5, 0.6) is 5.75 Å². The second-order valence-electron chi connectivity index (χ2n) is 5.32. The van der Waals surface area contributed by atoms with Crippen LogP contribution in [0.15, 0.2) is 61.1 Å². The Bertz CT molecular complexity index is 833. The molecule has 0 unspecified atom stereocenters. The van der Waals surface area contributed by atoms with Crippen molar-refractivity contribution in [1.82, 2.24) is 25.4 Å². The summed E-state index contributed by atoms with van der Waals surface area (Å²) >= 11 is 0. The van der Waals surface area contributed by atoms with Gasteiger partial charge in [0, 0.05) is 37.2 Å². The predicted molar refractivity (Wildman–Crippen MR) is 93.4 cm³/mol. The molecule has 0 aliphatic heterocycles. The number of amides is 2. The summed E-state index contributed by atoms with van der Waals surface area (Å²) in [5.41, 5.74) is 1.86. The van der Waals surface area contributed by atoms with Crippen LogP contribution in [0.1, 0.15) is 11.1 Å². The van der Waals surface area contributed by atoms with Crippen LogP contribution < -0.4 is 15.4 Å². The van der Waals surface area contributed by atoms with E-state index in [-0.39, 0.29) is 6.03 Å². The van der Waals surface area contributed by atoms with Crippen molar-refractivity contribution < 1.29 is 9.53 Å². The molecule has 3 rings (SSSR count). The number of methoxy groups -OCH3 is 1. The van der Waals surface area contributed by atoms with Gasteiger partial charge in [-0.2, -0.15) is 5.10 Å². The molecule has 0 aliphatic carbocycles. The largest absolute Gasteiger partial charge is 0.496 e. The minimum absolute atomic E-state index is 0.247. The number of aromatic nitrogens is 3. The molecule has 0 radical (unpaired) electrons. The molecule has 7 heteroatoms. The Morgan fingerprint density at radius 2 is 1.96 bits per heavy atom. The Balaban J connectivity index is 1.53. The minimum atomic E-state index is -0.247. The number of ether oxygens (including phenoxy) is 1. The molecule has 2 N–H and O–H groups in total. The molecular formula is C18H19N5O2. The van der Waals surface area contributed by atoms with Gasteiger partial charge in [0.15, 0.2) is 5.82 Å². The fourth-order valence-electron chi connectivity index (χ4n) is 2.37. The highest BCUT2D eigenvalue weighted by Gasteiger charge is 2.05. The summed E-state index contributed by atoms with van der Waals surface area (Å²) in [7, 11) is 1.61. The number of nitrogens with zero attached hydrogens (tertiary/aromatic N) is 3. The Kier molecular flexibility index (Phi) is 5.26. The standard InChI is InChI=1S/C18H19N5O2/c1-25-16-6-3-2-5-15(16)13-21-18(24)20-12-14-7-9-19-17(11-14)23-10-4-8-22-23/h2-11H,12-13H2,1H3,(H2,20,21,24). The molecule has 128 valence electrons. The number of benzene rings is 1. The summed E-state index contributed by atoms with van der Waals surface area (Å²) in [6.07, 6.45) is 5.21. The maximum absolute atomic E-state index is 12.0. The fraction of sp³-hybridized carbons (Fsp3) is 0.167. The van der Waals surface area contributed by atoms with Gasteiger partial charge in [-0.15, -0.1) is 0 Å². The van der Waals surface area contributed by atoms with Crippen molar-refractivity contribution in [1.29, 1.82) is 0 Å². The van der Waals surface area contributed by atoms with Gasteiger partial charge in [0.25, 0.3) is 0 Å². The maximum atomic E-state index is 12.0. The van der Waals surface area contributed by atoms with Crippen LogP contribution in [-0.2, 0) is 13.1 Å². The molecule has 0 fully saturated rings. The topological polar surface area (TPSA) is 81.1 Å². The van der Waals surface area contributed by atoms with Crippen LogP contribution in [0.2, 0.25) is 0 Å². The molecule has 3 aromatic rings. The van der Waals surface area contributed by atoms with E-state index in [0.717, 1.165) is 16.9 Å². The molecule has 1 aromatic carbocycles. The van der Waals surface area contributed by atoms with Crippen molar-refractivity contribution in [3.05, 3.63) is 72.2 Å². The highest BCUT2D eigenvalue weighted by Crippen LogP contribution is 2.16. The van der Waals surface area contributed by atoms with E-state index in [2.05, 4.69) is 20.7 Å². The van der Waals surface area contributed by atoms with E-state index < -0.39 is 0 Å². The Hall–Kier alpha value is -3.35. The van der Waals surface area contributed by atoms with Gasteiger partial charge in [-0.1, -0.05) is 18.2 Å². The first-order valence-corrected chi connectivity index (χ1v) is 7.85. The summed E-state index contributed by atoms with van der Waals surface area (Å²) in [6.45, 7) is 0.791. The van der Waals surface area contributed by atoms with Crippen LogP contribution in [-0.4, -0.2) is 27.9 Å². The van der Waals surface area contributed by atoms with Crippen molar-refractivity contribution in [2.24, 2.45) is 0 Å². The molecular weight excluding hydrogens is 318 g/mol. The molecule has 2 amide bonds. The lowest BCUT2D eigenvalue weighted by molar-refractivity contribution is 0.240. The smallest absolute Gasteiger partial charge is 0.315 e. The van der Waals surface area contributed by atoms with E-state index >= 15 is 0 Å². The summed E-state index contributed by atoms with van der Waals surface area (Å²) in [4.78, 5) is 16.3. The van der Waals surface area contributed by atoms with Gasteiger partial charge in [-0.05, 0) is 29.8 Å². The van der Waals surface area contributed by atoms with Crippen molar-refractivity contribution in [2.75, 3.05) is 7.11 Å². The predicted octanol–water partition coefficient (Wildman–Crippen LogP) is 2.28. The van der Waals surface area contributed by atoms with Crippen LogP contribution >= 0.6 is 0 Å². The molecule has 7 nitrogen and oxygen atoms in total. The Morgan fingerprint density at radius 1 is 1.12 bits per heavy atom. The molecule has 0 aliphatic rings. The summed E-state index contributed by atoms with van der Waals surface area (Å²) < 4.78 is 6.94. The molecule has 0 atom stereocenters. The van der Waals surface area contributed by atoms with Crippen LogP contribution in [0.4, 0.5) is 4.79 Å². The zero-order valence-corrected chi connectivity index (χ0v) is 13.8. The first kappa shape index (κ1) is 16.5. The SMILES string of the molecule is COc1ccccc1CNC(=O)NCc1ccnc(-n2cccn2)c1. The number of carbonyl (C=O) groups is 1. The Morgan fingerprint density at radius 3 is 2.76 bits per heavy atom. The zero-order chi connectivity index (χ0) is 17.5. The highest BCUT2D eigenvalue weighted by atomic mass is 16.5. The molecule has 0 spiro atoms. The van der Waals surface area contributed by atoms with Gasteiger partial charge >= 0.3 is 6.03 Å². The fourth-order valence-corrected chi connectivity index (χ4v) is 2.37. The molecule has 0 saturated carbocycles. The van der Waals surface area contributed by atoms with Crippen LogP contribution in [0.3, 0.4) is 0 Å². The van der Waals surface area contributed by atoms with Gasteiger partial charge in [-0.3, -0.25) is 0 Å². The van der Waals surface area contributed by atoms with Gasteiger partial charge in [0.05, 0.1) is 7.11 Å². The van der Waals surface area contributed by atoms with E-state index in [1.807, 2.05) is 48.7 Å². The second-order valence-corrected chi connectivity index (χ2v) is 5.32. The van der Waals surface area contributed by atoms with Crippen LogP contribution in [0, 0.1) is 0 Å². The van der Waals surface area contributed by atoms with E-state index in [0.29, 0.717) is 18.9 Å². The number of nitrogens with one attached hydrogen (secondary N) is 2. The third kappa shape index (κ3) is 4.35. The van der Waals surface area contributed by atoms with E-state index in [1.54, 1.807) is 24.2 Å². The van der Waals surface area contributed by atoms with Gasteiger partial charge in [0.1, 0.15) is 5.75 Å². The molecule has 25 heavy (non-hydrogen) atoms. The number of hydrogen-bond donors (Lipinski definition) is 2. The average molecular weight is 337 g/mol. The monoisotopic (exact) mass is 337 g/mol. The van der Waals surface area contributed by atoms with Gasteiger partial charge in [-0.25, -0.2) is 14.5 Å². The number of hydrogen-bond acceptors (Lipinski definition) is 4. The lowest BCUT2D eigenvalue weighted by Crippen LogP contribution is -2.34. The first-order chi connectivity index (χ1) is 12.3. The first-order valence-electron chi connectivity index (χ1n) is 7.85. The lowest BCUT2D eigenvalue weighted by Gasteiger charge is -2.11. The highest BCUT2D eigenvalue weighted by molar-refractivity contribution is 5.73. The van der Waals surface area contributed by atoms with Crippen molar-refractivity contribution >= 4 is 6.03 Å². The normalized spacial score (nSPS) is 10.3. The Labute approximate surface area is 145 Å². The summed E-state index contributed by atoms with van der Waals surface area (Å²) in [5, 5.41) is 9.80. The average Bonchev–Trinajstić information content (AvgIpc) is 3.20. The molecule has 2 aromatic heterocycles. The number of urea groups is 1. The third-order valence-corrected chi connectivity index (χ3v) is 3.63. The third-order valence-electron chi connectivity index (χ3n) is 3.63.